The summed E-state index contributed by atoms with van der Waals surface area (Å²) in [5.74, 6) is -3.68. The number of carboxylic acid groups (broad SMARTS) is 1. The van der Waals surface area contributed by atoms with Crippen molar-refractivity contribution < 1.29 is 23.5 Å². The molecule has 0 fully saturated rings. The van der Waals surface area contributed by atoms with Gasteiger partial charge in [0, 0.05) is 11.9 Å². The fraction of sp³-hybridized carbons (Fsp3) is 0. The van der Waals surface area contributed by atoms with Gasteiger partial charge >= 0.3 is 5.97 Å². The Labute approximate surface area is 111 Å². The summed E-state index contributed by atoms with van der Waals surface area (Å²) in [5.41, 5.74) is -0.356. The smallest absolute Gasteiger partial charge is 0.338 e. The third-order valence-corrected chi connectivity index (χ3v) is 2.44. The standard InChI is InChI=1S/C13H8F2N2O3/c14-10-3-2-8(5-9(10)13(19)20)17-12(18)7-1-4-11(15)16-6-7/h1-6H,(H,17,18)(H,19,20). The highest BCUT2D eigenvalue weighted by molar-refractivity contribution is 6.04. The summed E-state index contributed by atoms with van der Waals surface area (Å²) in [5, 5.41) is 11.1. The van der Waals surface area contributed by atoms with Crippen LogP contribution in [0.5, 0.6) is 0 Å². The molecule has 0 spiro atoms. The van der Waals surface area contributed by atoms with E-state index in [0.717, 1.165) is 24.4 Å². The Hall–Kier alpha value is -2.83. The highest BCUT2D eigenvalue weighted by Crippen LogP contribution is 2.15. The van der Waals surface area contributed by atoms with Crippen molar-refractivity contribution >= 4 is 17.6 Å². The van der Waals surface area contributed by atoms with E-state index in [9.17, 15) is 18.4 Å². The summed E-state index contributed by atoms with van der Waals surface area (Å²) in [4.78, 5) is 25.9. The average Bonchev–Trinajstić information content (AvgIpc) is 2.41. The van der Waals surface area contributed by atoms with Crippen LogP contribution in [0.4, 0.5) is 14.5 Å². The van der Waals surface area contributed by atoms with E-state index >= 15 is 0 Å². The lowest BCUT2D eigenvalue weighted by Crippen LogP contribution is -2.13. The summed E-state index contributed by atoms with van der Waals surface area (Å²) in [6.45, 7) is 0. The molecule has 1 aromatic heterocycles. The molecule has 2 aromatic rings. The van der Waals surface area contributed by atoms with Gasteiger partial charge in [-0.05, 0) is 30.3 Å². The molecule has 0 saturated heterocycles. The number of carboxylic acids is 1. The summed E-state index contributed by atoms with van der Waals surface area (Å²) in [7, 11) is 0. The second-order valence-corrected chi connectivity index (χ2v) is 3.82. The maximum atomic E-state index is 13.2. The Kier molecular flexibility index (Phi) is 3.69. The minimum absolute atomic E-state index is 0.0904. The van der Waals surface area contributed by atoms with E-state index < -0.39 is 29.2 Å². The predicted octanol–water partition coefficient (Wildman–Crippen LogP) is 2.31. The van der Waals surface area contributed by atoms with Crippen molar-refractivity contribution in [2.45, 2.75) is 0 Å². The molecular weight excluding hydrogens is 270 g/mol. The van der Waals surface area contributed by atoms with Gasteiger partial charge < -0.3 is 10.4 Å². The van der Waals surface area contributed by atoms with Crippen LogP contribution in [0, 0.1) is 11.8 Å². The number of nitrogens with zero attached hydrogens (tertiary/aromatic N) is 1. The van der Waals surface area contributed by atoms with Crippen molar-refractivity contribution in [1.29, 1.82) is 0 Å². The van der Waals surface area contributed by atoms with E-state index in [1.807, 2.05) is 0 Å². The number of aromatic carboxylic acids is 1. The molecule has 2 N–H and O–H groups in total. The van der Waals surface area contributed by atoms with E-state index in [0.29, 0.717) is 0 Å². The van der Waals surface area contributed by atoms with Gasteiger partial charge in [0.15, 0.2) is 0 Å². The second kappa shape index (κ2) is 5.43. The van der Waals surface area contributed by atoms with E-state index in [-0.39, 0.29) is 11.3 Å². The maximum absolute atomic E-state index is 13.2. The lowest BCUT2D eigenvalue weighted by atomic mass is 10.2. The van der Waals surface area contributed by atoms with Gasteiger partial charge in [0.05, 0.1) is 11.1 Å². The molecule has 7 heteroatoms. The first-order valence-corrected chi connectivity index (χ1v) is 5.43. The zero-order valence-corrected chi connectivity index (χ0v) is 9.93. The average molecular weight is 278 g/mol. The molecule has 1 amide bonds. The number of nitrogens with one attached hydrogen (secondary N) is 1. The quantitative estimate of drug-likeness (QED) is 0.844. The molecule has 0 unspecified atom stereocenters. The van der Waals surface area contributed by atoms with Crippen LogP contribution in [0.1, 0.15) is 20.7 Å². The van der Waals surface area contributed by atoms with Gasteiger partial charge in [0.2, 0.25) is 5.95 Å². The number of carbonyl (C=O) groups excluding carboxylic acids is 1. The highest BCUT2D eigenvalue weighted by Gasteiger charge is 2.13. The first-order valence-electron chi connectivity index (χ1n) is 5.43. The summed E-state index contributed by atoms with van der Waals surface area (Å²) >= 11 is 0. The zero-order valence-electron chi connectivity index (χ0n) is 9.93. The Balaban J connectivity index is 2.21. The van der Waals surface area contributed by atoms with Gasteiger partial charge in [-0.15, -0.1) is 0 Å². The lowest BCUT2D eigenvalue weighted by Gasteiger charge is -2.06. The van der Waals surface area contributed by atoms with Crippen molar-refractivity contribution in [1.82, 2.24) is 4.98 Å². The van der Waals surface area contributed by atoms with Crippen LogP contribution in [0.25, 0.3) is 0 Å². The molecule has 0 aliphatic heterocycles. The Morgan fingerprint density at radius 2 is 1.90 bits per heavy atom. The van der Waals surface area contributed by atoms with E-state index in [1.54, 1.807) is 0 Å². The Morgan fingerprint density at radius 1 is 1.15 bits per heavy atom. The molecular formula is C13H8F2N2O3. The number of anilines is 1. The van der Waals surface area contributed by atoms with Crippen molar-refractivity contribution in [3.05, 3.63) is 59.4 Å². The minimum Gasteiger partial charge on any atom is -0.478 e. The molecule has 5 nitrogen and oxygen atoms in total. The minimum atomic E-state index is -1.44. The summed E-state index contributed by atoms with van der Waals surface area (Å²) in [6, 6.07) is 5.38. The number of hydrogen-bond donors (Lipinski definition) is 2. The molecule has 0 aliphatic rings. The van der Waals surface area contributed by atoms with Gasteiger partial charge in [-0.3, -0.25) is 4.79 Å². The fourth-order valence-corrected chi connectivity index (χ4v) is 1.48. The molecule has 0 bridgehead atoms. The van der Waals surface area contributed by atoms with Gasteiger partial charge in [0.25, 0.3) is 5.91 Å². The van der Waals surface area contributed by atoms with Crippen LogP contribution in [-0.4, -0.2) is 22.0 Å². The summed E-state index contributed by atoms with van der Waals surface area (Å²) in [6.07, 6.45) is 1.03. The molecule has 0 atom stereocenters. The largest absolute Gasteiger partial charge is 0.478 e. The number of rotatable bonds is 3. The molecule has 0 saturated carbocycles. The Bertz CT molecular complexity index is 672. The summed E-state index contributed by atoms with van der Waals surface area (Å²) < 4.78 is 25.8. The zero-order chi connectivity index (χ0) is 14.7. The predicted molar refractivity (Wildman–Crippen MR) is 65.5 cm³/mol. The van der Waals surface area contributed by atoms with Crippen LogP contribution >= 0.6 is 0 Å². The van der Waals surface area contributed by atoms with Crippen LogP contribution in [0.15, 0.2) is 36.5 Å². The molecule has 20 heavy (non-hydrogen) atoms. The van der Waals surface area contributed by atoms with Gasteiger partial charge in [-0.1, -0.05) is 0 Å². The van der Waals surface area contributed by atoms with Crippen molar-refractivity contribution in [2.75, 3.05) is 5.32 Å². The number of carbonyl (C=O) groups is 2. The van der Waals surface area contributed by atoms with Crippen molar-refractivity contribution in [2.24, 2.45) is 0 Å². The molecule has 1 heterocycles. The van der Waals surface area contributed by atoms with Gasteiger partial charge in [0.1, 0.15) is 5.82 Å². The monoisotopic (exact) mass is 278 g/mol. The van der Waals surface area contributed by atoms with Crippen molar-refractivity contribution in [3.63, 3.8) is 0 Å². The van der Waals surface area contributed by atoms with Crippen LogP contribution in [0.3, 0.4) is 0 Å². The second-order valence-electron chi connectivity index (χ2n) is 3.82. The molecule has 102 valence electrons. The van der Waals surface area contributed by atoms with E-state index in [1.165, 1.54) is 12.1 Å². The molecule has 0 aliphatic carbocycles. The van der Waals surface area contributed by atoms with Crippen LogP contribution in [0.2, 0.25) is 0 Å². The highest BCUT2D eigenvalue weighted by atomic mass is 19.1. The van der Waals surface area contributed by atoms with Gasteiger partial charge in [-0.25, -0.2) is 14.2 Å². The number of benzene rings is 1. The van der Waals surface area contributed by atoms with E-state index in [2.05, 4.69) is 10.3 Å². The topological polar surface area (TPSA) is 79.3 Å². The van der Waals surface area contributed by atoms with E-state index in [4.69, 9.17) is 5.11 Å². The van der Waals surface area contributed by atoms with Gasteiger partial charge in [-0.2, -0.15) is 4.39 Å². The normalized spacial score (nSPS) is 10.1. The molecule has 2 rings (SSSR count). The number of hydrogen-bond acceptors (Lipinski definition) is 3. The number of amides is 1. The first-order chi connectivity index (χ1) is 9.47. The third-order valence-electron chi connectivity index (χ3n) is 2.44. The number of pyridine rings is 1. The number of aromatic nitrogens is 1. The SMILES string of the molecule is O=C(Nc1ccc(F)c(C(=O)O)c1)c1ccc(F)nc1. The fourth-order valence-electron chi connectivity index (χ4n) is 1.48. The van der Waals surface area contributed by atoms with Crippen molar-refractivity contribution in [3.8, 4) is 0 Å². The lowest BCUT2D eigenvalue weighted by molar-refractivity contribution is 0.0691. The molecule has 1 aromatic carbocycles. The molecule has 0 radical (unpaired) electrons. The number of halogens is 2. The third kappa shape index (κ3) is 2.94. The first kappa shape index (κ1) is 13.6. The van der Waals surface area contributed by atoms with Crippen LogP contribution in [-0.2, 0) is 0 Å². The van der Waals surface area contributed by atoms with Crippen LogP contribution < -0.4 is 5.32 Å². The Morgan fingerprint density at radius 3 is 2.50 bits per heavy atom. The maximum Gasteiger partial charge on any atom is 0.338 e.